The van der Waals surface area contributed by atoms with E-state index < -0.39 is 11.7 Å². The van der Waals surface area contributed by atoms with Crippen molar-refractivity contribution < 1.29 is 37.3 Å². The largest absolute Gasteiger partial charge is 0.508 e. The molecule has 1 aliphatic heterocycles. The summed E-state index contributed by atoms with van der Waals surface area (Å²) in [6, 6.07) is 26.9. The number of aromatic hydroxyl groups is 1. The second-order valence-corrected chi connectivity index (χ2v) is 12.6. The lowest BCUT2D eigenvalue weighted by atomic mass is 10.00. The van der Waals surface area contributed by atoms with E-state index in [1.165, 1.54) is 12.1 Å². The Balaban J connectivity index is 1.13. The lowest BCUT2D eigenvalue weighted by molar-refractivity contribution is -0.137. The summed E-state index contributed by atoms with van der Waals surface area (Å²) in [6.45, 7) is 4.30. The van der Waals surface area contributed by atoms with Crippen molar-refractivity contribution in [3.63, 3.8) is 0 Å². The van der Waals surface area contributed by atoms with Crippen LogP contribution in [-0.4, -0.2) is 74.1 Å². The molecule has 2 amide bonds. The van der Waals surface area contributed by atoms with E-state index in [0.29, 0.717) is 91.6 Å². The van der Waals surface area contributed by atoms with Crippen molar-refractivity contribution in [1.82, 2.24) is 10.6 Å². The first-order chi connectivity index (χ1) is 27.1. The molecule has 0 bridgehead atoms. The van der Waals surface area contributed by atoms with E-state index >= 15 is 0 Å². The zero-order chi connectivity index (χ0) is 39.8. The fourth-order valence-electron chi connectivity index (χ4n) is 5.45. The summed E-state index contributed by atoms with van der Waals surface area (Å²) < 4.78 is 49.9. The molecule has 0 aliphatic carbocycles. The first kappa shape index (κ1) is 41.1. The predicted molar refractivity (Wildman–Crippen MR) is 210 cm³/mol. The van der Waals surface area contributed by atoms with E-state index in [1.54, 1.807) is 60.7 Å². The Kier molecular flexibility index (Phi) is 15.1. The van der Waals surface area contributed by atoms with Crippen LogP contribution in [0.25, 0.3) is 0 Å². The number of anilines is 2. The number of phenolic OH excluding ortho intramolecular Hbond substituents is 1. The molecule has 0 saturated carbocycles. The van der Waals surface area contributed by atoms with E-state index in [1.807, 2.05) is 25.1 Å². The Morgan fingerprint density at radius 1 is 0.768 bits per heavy atom. The van der Waals surface area contributed by atoms with Crippen molar-refractivity contribution in [2.45, 2.75) is 32.5 Å². The van der Waals surface area contributed by atoms with Crippen molar-refractivity contribution in [3.05, 3.63) is 125 Å². The van der Waals surface area contributed by atoms with E-state index in [-0.39, 0.29) is 30.0 Å². The first-order valence-corrected chi connectivity index (χ1v) is 18.1. The second-order valence-electron chi connectivity index (χ2n) is 12.6. The van der Waals surface area contributed by atoms with Crippen molar-refractivity contribution in [1.29, 1.82) is 0 Å². The molecule has 0 radical (unpaired) electrons. The summed E-state index contributed by atoms with van der Waals surface area (Å²) in [6.07, 6.45) is -3.22. The highest BCUT2D eigenvalue weighted by atomic mass is 19.4. The van der Waals surface area contributed by atoms with Crippen LogP contribution in [-0.2, 0) is 22.2 Å². The monoisotopic (exact) mass is 771 g/mol. The highest BCUT2D eigenvalue weighted by molar-refractivity contribution is 6.14. The Morgan fingerprint density at radius 2 is 1.39 bits per heavy atom. The molecule has 4 aromatic rings. The van der Waals surface area contributed by atoms with Gasteiger partial charge in [-0.25, -0.2) is 0 Å². The summed E-state index contributed by atoms with van der Waals surface area (Å²) in [7, 11) is 0. The topological polar surface area (TPSA) is 158 Å². The van der Waals surface area contributed by atoms with Crippen molar-refractivity contribution in [2.75, 3.05) is 50.2 Å². The molecule has 0 saturated heterocycles. The van der Waals surface area contributed by atoms with Gasteiger partial charge in [-0.15, -0.1) is 0 Å². The normalized spacial score (nSPS) is 15.0. The molecule has 56 heavy (non-hydrogen) atoms. The number of phenols is 1. The fourth-order valence-corrected chi connectivity index (χ4v) is 5.45. The standard InChI is InChI=1S/C41H44F3N7O5/c1-2-29-26-36(45-20-22-55-24-25-56-23-21-46-38(53)30-6-4-3-5-7-30)50-40(49-34-16-18-35(52)19-17-34)51-37(29)48-33-14-10-31(11-15-33)39(54)47-27-28-8-12-32(13-9-28)41(42,43)44/h3-19,29,52H,2,20-27H2,1H3,(H,46,53)(H,47,54)(H2,45,48,49,50,51). The Labute approximate surface area is 323 Å². The molecule has 1 heterocycles. The molecule has 1 unspecified atom stereocenters. The number of carbonyl (C=O) groups excluding carboxylic acids is 2. The van der Waals surface area contributed by atoms with Crippen molar-refractivity contribution in [3.8, 4) is 5.75 Å². The number of guanidine groups is 1. The zero-order valence-electron chi connectivity index (χ0n) is 30.8. The number of hydrogen-bond donors (Lipinski definition) is 5. The molecule has 4 aromatic carbocycles. The number of aliphatic imine (C=N–C) groups is 3. The molecular formula is C41H44F3N7O5. The number of ether oxygens (including phenoxy) is 2. The van der Waals surface area contributed by atoms with Crippen LogP contribution in [0, 0.1) is 5.92 Å². The zero-order valence-corrected chi connectivity index (χ0v) is 30.8. The van der Waals surface area contributed by atoms with Crippen molar-refractivity contribution in [2.24, 2.45) is 20.9 Å². The summed E-state index contributed by atoms with van der Waals surface area (Å²) in [5.41, 5.74) is 2.11. The third-order valence-electron chi connectivity index (χ3n) is 8.52. The minimum absolute atomic E-state index is 0.0738. The number of amides is 2. The van der Waals surface area contributed by atoms with Crippen molar-refractivity contribution >= 4 is 40.8 Å². The molecule has 1 atom stereocenters. The number of amidine groups is 2. The van der Waals surface area contributed by atoms with Crippen LogP contribution >= 0.6 is 0 Å². The molecule has 5 N–H and O–H groups in total. The third-order valence-corrected chi connectivity index (χ3v) is 8.52. The maximum Gasteiger partial charge on any atom is 0.416 e. The van der Waals surface area contributed by atoms with E-state index in [0.717, 1.165) is 18.6 Å². The van der Waals surface area contributed by atoms with Crippen LogP contribution in [0.15, 0.2) is 118 Å². The quantitative estimate of drug-likeness (QED) is 0.0612. The molecule has 0 spiro atoms. The van der Waals surface area contributed by atoms with Crippen LogP contribution in [0.1, 0.15) is 51.6 Å². The minimum Gasteiger partial charge on any atom is -0.508 e. The van der Waals surface area contributed by atoms with Gasteiger partial charge in [0.05, 0.1) is 38.5 Å². The SMILES string of the molecule is CCC1CC(=NCCOCCOCCNC(=O)c2ccccc2)N=C(Nc2ccc(O)cc2)N=C1Nc1ccc(C(=O)NCc2ccc(C(F)(F)F)cc2)cc1. The number of hydrogen-bond acceptors (Lipinski definition) is 9. The van der Waals surface area contributed by atoms with Gasteiger partial charge in [0, 0.05) is 47.9 Å². The molecule has 15 heteroatoms. The number of alkyl halides is 3. The average Bonchev–Trinajstić information content (AvgIpc) is 3.36. The summed E-state index contributed by atoms with van der Waals surface area (Å²) in [5.74, 6) is 1.02. The maximum absolute atomic E-state index is 12.9. The summed E-state index contributed by atoms with van der Waals surface area (Å²) >= 11 is 0. The number of nitrogens with one attached hydrogen (secondary N) is 4. The Bertz CT molecular complexity index is 1970. The predicted octanol–water partition coefficient (Wildman–Crippen LogP) is 6.91. The van der Waals surface area contributed by atoms with Gasteiger partial charge in [-0.1, -0.05) is 37.3 Å². The van der Waals surface area contributed by atoms with Gasteiger partial charge in [0.15, 0.2) is 0 Å². The smallest absolute Gasteiger partial charge is 0.416 e. The number of halogens is 3. The highest BCUT2D eigenvalue weighted by Gasteiger charge is 2.30. The van der Waals surface area contributed by atoms with Crippen LogP contribution < -0.4 is 21.3 Å². The Morgan fingerprint density at radius 3 is 2.07 bits per heavy atom. The van der Waals surface area contributed by atoms with Crippen LogP contribution in [0.2, 0.25) is 0 Å². The second kappa shape index (κ2) is 20.6. The fraction of sp³-hybridized carbons (Fsp3) is 0.293. The van der Waals surface area contributed by atoms with Gasteiger partial charge < -0.3 is 35.8 Å². The molecule has 0 aromatic heterocycles. The van der Waals surface area contributed by atoms with Crippen LogP contribution in [0.4, 0.5) is 24.5 Å². The van der Waals surface area contributed by atoms with Gasteiger partial charge in [0.1, 0.15) is 17.4 Å². The lowest BCUT2D eigenvalue weighted by Gasteiger charge is -2.18. The van der Waals surface area contributed by atoms with Crippen LogP contribution in [0.3, 0.4) is 0 Å². The van der Waals surface area contributed by atoms with Gasteiger partial charge in [-0.3, -0.25) is 14.6 Å². The van der Waals surface area contributed by atoms with E-state index in [4.69, 9.17) is 24.5 Å². The van der Waals surface area contributed by atoms with Gasteiger partial charge in [-0.05, 0) is 84.8 Å². The molecule has 1 aliphatic rings. The van der Waals surface area contributed by atoms with Gasteiger partial charge in [-0.2, -0.15) is 23.2 Å². The summed E-state index contributed by atoms with van der Waals surface area (Å²) in [5, 5.41) is 21.9. The molecule has 5 rings (SSSR count). The lowest BCUT2D eigenvalue weighted by Crippen LogP contribution is -2.27. The molecule has 12 nitrogen and oxygen atoms in total. The number of carbonyl (C=O) groups is 2. The molecule has 294 valence electrons. The Hall–Kier alpha value is -6.06. The molecular weight excluding hydrogens is 727 g/mol. The van der Waals surface area contributed by atoms with E-state index in [9.17, 15) is 27.9 Å². The van der Waals surface area contributed by atoms with Gasteiger partial charge in [0.2, 0.25) is 5.96 Å². The first-order valence-electron chi connectivity index (χ1n) is 18.1. The third kappa shape index (κ3) is 13.1. The summed E-state index contributed by atoms with van der Waals surface area (Å²) in [4.78, 5) is 39.2. The van der Waals surface area contributed by atoms with Crippen LogP contribution in [0.5, 0.6) is 5.75 Å². The maximum atomic E-state index is 12.9. The average molecular weight is 772 g/mol. The minimum atomic E-state index is -4.43. The van der Waals surface area contributed by atoms with E-state index in [2.05, 4.69) is 21.3 Å². The number of benzene rings is 4. The van der Waals surface area contributed by atoms with Gasteiger partial charge in [0.25, 0.3) is 11.8 Å². The highest BCUT2D eigenvalue weighted by Crippen LogP contribution is 2.29. The number of nitrogens with zero attached hydrogens (tertiary/aromatic N) is 3. The number of rotatable bonds is 16. The molecule has 0 fully saturated rings. The van der Waals surface area contributed by atoms with Gasteiger partial charge >= 0.3 is 6.18 Å².